The molecule has 2 N–H and O–H groups in total. The first kappa shape index (κ1) is 18.5. The standard InChI is InChI=1S/C20H24N2O.ClH/c1-15-14-21-11-10-17-7-8-18(13-19(15)17)20(23)22-12-9-16-5-3-2-4-6-16;/h2-8,13,15,21H,9-12,14H2,1H3,(H,22,23);1H/t15-;/m1./s1. The maximum Gasteiger partial charge on any atom is 0.251 e. The number of hydrogen-bond donors (Lipinski definition) is 2. The summed E-state index contributed by atoms with van der Waals surface area (Å²) in [6, 6.07) is 16.4. The Balaban J connectivity index is 0.00000208. The number of fused-ring (bicyclic) bond motifs is 1. The van der Waals surface area contributed by atoms with Gasteiger partial charge in [-0.15, -0.1) is 12.4 Å². The molecule has 1 atom stereocenters. The number of carbonyl (C=O) groups is 1. The van der Waals surface area contributed by atoms with Crippen LogP contribution in [0.4, 0.5) is 0 Å². The summed E-state index contributed by atoms with van der Waals surface area (Å²) in [5.74, 6) is 0.470. The average Bonchev–Trinajstić information content (AvgIpc) is 2.77. The maximum absolute atomic E-state index is 12.4. The minimum absolute atomic E-state index is 0. The van der Waals surface area contributed by atoms with Gasteiger partial charge >= 0.3 is 0 Å². The van der Waals surface area contributed by atoms with Gasteiger partial charge in [0.05, 0.1) is 0 Å². The number of benzene rings is 2. The molecular weight excluding hydrogens is 320 g/mol. The number of halogens is 1. The van der Waals surface area contributed by atoms with E-state index in [9.17, 15) is 4.79 Å². The van der Waals surface area contributed by atoms with Crippen molar-refractivity contribution in [2.75, 3.05) is 19.6 Å². The first-order valence-corrected chi connectivity index (χ1v) is 8.39. The van der Waals surface area contributed by atoms with E-state index in [1.165, 1.54) is 16.7 Å². The number of nitrogens with one attached hydrogen (secondary N) is 2. The third-order valence-electron chi connectivity index (χ3n) is 4.50. The molecule has 4 heteroatoms. The molecule has 0 fully saturated rings. The Morgan fingerprint density at radius 1 is 1.21 bits per heavy atom. The summed E-state index contributed by atoms with van der Waals surface area (Å²) in [6.45, 7) is 4.87. The molecule has 0 saturated heterocycles. The van der Waals surface area contributed by atoms with Gasteiger partial charge < -0.3 is 10.6 Å². The number of amides is 1. The van der Waals surface area contributed by atoms with Gasteiger partial charge in [0.2, 0.25) is 0 Å². The van der Waals surface area contributed by atoms with Gasteiger partial charge in [-0.25, -0.2) is 0 Å². The lowest BCUT2D eigenvalue weighted by Gasteiger charge is -2.14. The van der Waals surface area contributed by atoms with E-state index in [0.717, 1.165) is 31.5 Å². The SMILES string of the molecule is C[C@@H]1CNCCc2ccc(C(=O)NCCc3ccccc3)cc21.Cl. The van der Waals surface area contributed by atoms with Gasteiger partial charge in [0.1, 0.15) is 0 Å². The molecule has 3 nitrogen and oxygen atoms in total. The predicted octanol–water partition coefficient (Wildman–Crippen LogP) is 3.33. The van der Waals surface area contributed by atoms with Gasteiger partial charge in [0, 0.05) is 18.7 Å². The highest BCUT2D eigenvalue weighted by atomic mass is 35.5. The third kappa shape index (κ3) is 4.59. The molecule has 0 bridgehead atoms. The quantitative estimate of drug-likeness (QED) is 0.893. The molecule has 1 aliphatic heterocycles. The molecule has 1 heterocycles. The average molecular weight is 345 g/mol. The summed E-state index contributed by atoms with van der Waals surface area (Å²) in [7, 11) is 0. The molecule has 0 radical (unpaired) electrons. The summed E-state index contributed by atoms with van der Waals surface area (Å²) in [5, 5.41) is 6.47. The van der Waals surface area contributed by atoms with Gasteiger partial charge in [-0.3, -0.25) is 4.79 Å². The Kier molecular flexibility index (Phi) is 6.83. The van der Waals surface area contributed by atoms with Crippen molar-refractivity contribution in [3.05, 3.63) is 70.8 Å². The fourth-order valence-electron chi connectivity index (χ4n) is 3.14. The first-order chi connectivity index (χ1) is 11.2. The molecule has 0 aliphatic carbocycles. The van der Waals surface area contributed by atoms with Crippen molar-refractivity contribution >= 4 is 18.3 Å². The van der Waals surface area contributed by atoms with Crippen LogP contribution in [-0.4, -0.2) is 25.5 Å². The minimum atomic E-state index is 0. The lowest BCUT2D eigenvalue weighted by molar-refractivity contribution is 0.0954. The Bertz CT molecular complexity index is 673. The van der Waals surface area contributed by atoms with Crippen LogP contribution in [0.1, 0.15) is 39.9 Å². The smallest absolute Gasteiger partial charge is 0.251 e. The van der Waals surface area contributed by atoms with E-state index in [4.69, 9.17) is 0 Å². The van der Waals surface area contributed by atoms with E-state index in [1.807, 2.05) is 24.3 Å². The highest BCUT2D eigenvalue weighted by Gasteiger charge is 2.16. The second-order valence-corrected chi connectivity index (χ2v) is 6.26. The molecule has 24 heavy (non-hydrogen) atoms. The minimum Gasteiger partial charge on any atom is -0.352 e. The van der Waals surface area contributed by atoms with Crippen molar-refractivity contribution < 1.29 is 4.79 Å². The number of hydrogen-bond acceptors (Lipinski definition) is 2. The zero-order valence-corrected chi connectivity index (χ0v) is 14.9. The second kappa shape index (κ2) is 8.86. The van der Waals surface area contributed by atoms with Gasteiger partial charge in [0.25, 0.3) is 5.91 Å². The van der Waals surface area contributed by atoms with E-state index >= 15 is 0 Å². The molecule has 1 aliphatic rings. The van der Waals surface area contributed by atoms with Gasteiger partial charge in [-0.05, 0) is 54.1 Å². The summed E-state index contributed by atoms with van der Waals surface area (Å²) >= 11 is 0. The fourth-order valence-corrected chi connectivity index (χ4v) is 3.14. The topological polar surface area (TPSA) is 41.1 Å². The Morgan fingerprint density at radius 2 is 2.00 bits per heavy atom. The van der Waals surface area contributed by atoms with Crippen LogP contribution in [0.2, 0.25) is 0 Å². The molecule has 2 aromatic rings. The summed E-state index contributed by atoms with van der Waals surface area (Å²) < 4.78 is 0. The second-order valence-electron chi connectivity index (χ2n) is 6.26. The van der Waals surface area contributed by atoms with Crippen molar-refractivity contribution in [1.29, 1.82) is 0 Å². The van der Waals surface area contributed by atoms with Crippen molar-refractivity contribution in [3.63, 3.8) is 0 Å². The highest BCUT2D eigenvalue weighted by Crippen LogP contribution is 2.23. The normalized spacial score (nSPS) is 16.5. The largest absolute Gasteiger partial charge is 0.352 e. The number of rotatable bonds is 4. The molecule has 3 rings (SSSR count). The van der Waals surface area contributed by atoms with Crippen LogP contribution < -0.4 is 10.6 Å². The Hall–Kier alpha value is -1.84. The molecule has 0 unspecified atom stereocenters. The van der Waals surface area contributed by atoms with Crippen LogP contribution in [0.5, 0.6) is 0 Å². The highest BCUT2D eigenvalue weighted by molar-refractivity contribution is 5.94. The molecule has 1 amide bonds. The zero-order valence-electron chi connectivity index (χ0n) is 14.0. The summed E-state index contributed by atoms with van der Waals surface area (Å²) in [6.07, 6.45) is 1.90. The van der Waals surface area contributed by atoms with Gasteiger partial charge in [-0.2, -0.15) is 0 Å². The molecule has 0 spiro atoms. The van der Waals surface area contributed by atoms with Crippen molar-refractivity contribution in [2.24, 2.45) is 0 Å². The third-order valence-corrected chi connectivity index (χ3v) is 4.50. The molecule has 0 saturated carbocycles. The van der Waals surface area contributed by atoms with E-state index < -0.39 is 0 Å². The lowest BCUT2D eigenvalue weighted by atomic mass is 9.93. The summed E-state index contributed by atoms with van der Waals surface area (Å²) in [4.78, 5) is 12.4. The van der Waals surface area contributed by atoms with Crippen LogP contribution in [0.15, 0.2) is 48.5 Å². The van der Waals surface area contributed by atoms with Gasteiger partial charge in [-0.1, -0.05) is 43.3 Å². The van der Waals surface area contributed by atoms with Crippen molar-refractivity contribution in [2.45, 2.75) is 25.7 Å². The fraction of sp³-hybridized carbons (Fsp3) is 0.350. The van der Waals surface area contributed by atoms with Crippen LogP contribution in [-0.2, 0) is 12.8 Å². The maximum atomic E-state index is 12.4. The molecule has 128 valence electrons. The van der Waals surface area contributed by atoms with Crippen LogP contribution >= 0.6 is 12.4 Å². The van der Waals surface area contributed by atoms with Crippen LogP contribution in [0.25, 0.3) is 0 Å². The van der Waals surface area contributed by atoms with Crippen LogP contribution in [0.3, 0.4) is 0 Å². The van der Waals surface area contributed by atoms with Crippen molar-refractivity contribution in [1.82, 2.24) is 10.6 Å². The van der Waals surface area contributed by atoms with E-state index in [-0.39, 0.29) is 18.3 Å². The van der Waals surface area contributed by atoms with E-state index in [1.54, 1.807) is 0 Å². The molecule has 2 aromatic carbocycles. The monoisotopic (exact) mass is 344 g/mol. The first-order valence-electron chi connectivity index (χ1n) is 8.39. The van der Waals surface area contributed by atoms with Gasteiger partial charge in [0.15, 0.2) is 0 Å². The predicted molar refractivity (Wildman–Crippen MR) is 101 cm³/mol. The van der Waals surface area contributed by atoms with E-state index in [2.05, 4.69) is 41.8 Å². The molecular formula is C20H25ClN2O. The number of carbonyl (C=O) groups excluding carboxylic acids is 1. The Morgan fingerprint density at radius 3 is 2.79 bits per heavy atom. The Labute approximate surface area is 150 Å². The van der Waals surface area contributed by atoms with E-state index in [0.29, 0.717) is 12.5 Å². The lowest BCUT2D eigenvalue weighted by Crippen LogP contribution is -2.26. The van der Waals surface area contributed by atoms with Crippen molar-refractivity contribution in [3.8, 4) is 0 Å². The molecule has 0 aromatic heterocycles. The summed E-state index contributed by atoms with van der Waals surface area (Å²) in [5.41, 5.74) is 4.69. The van der Waals surface area contributed by atoms with Crippen LogP contribution in [0, 0.1) is 0 Å². The zero-order chi connectivity index (χ0) is 16.1.